The molecule has 0 unspecified atom stereocenters. The monoisotopic (exact) mass is 296 g/mol. The Bertz CT molecular complexity index is 934. The topological polar surface area (TPSA) is 110 Å². The number of H-pyrrole nitrogens is 1. The standard InChI is InChI=1S/C15H12N4O3/c1-22-12-4-3-9(19-21)7-10(12)11-6-8-2-5-13(20)17-15(8)18-14(11)16/h2-7H,1H3,(H3,16,17,18,20). The Morgan fingerprint density at radius 2 is 2.00 bits per heavy atom. The van der Waals surface area contributed by atoms with Gasteiger partial charge in [-0.1, -0.05) is 0 Å². The fraction of sp³-hybridized carbons (Fsp3) is 0.0667. The molecule has 2 heterocycles. The minimum absolute atomic E-state index is 0.218. The van der Waals surface area contributed by atoms with Crippen LogP contribution in [-0.2, 0) is 0 Å². The van der Waals surface area contributed by atoms with Crippen LogP contribution in [0.3, 0.4) is 0 Å². The Labute approximate surface area is 124 Å². The van der Waals surface area contributed by atoms with Crippen LogP contribution in [0.2, 0.25) is 0 Å². The normalized spacial score (nSPS) is 10.6. The fourth-order valence-electron chi connectivity index (χ4n) is 2.27. The average Bonchev–Trinajstić information content (AvgIpc) is 2.53. The van der Waals surface area contributed by atoms with Crippen LogP contribution in [-0.4, -0.2) is 17.1 Å². The maximum atomic E-state index is 11.3. The Morgan fingerprint density at radius 1 is 1.18 bits per heavy atom. The summed E-state index contributed by atoms with van der Waals surface area (Å²) in [6, 6.07) is 9.61. The molecule has 3 rings (SSSR count). The number of methoxy groups -OCH3 is 1. The first-order valence-electron chi connectivity index (χ1n) is 6.43. The highest BCUT2D eigenvalue weighted by molar-refractivity contribution is 5.89. The Morgan fingerprint density at radius 3 is 2.73 bits per heavy atom. The second-order valence-electron chi connectivity index (χ2n) is 4.66. The molecule has 3 N–H and O–H groups in total. The van der Waals surface area contributed by atoms with E-state index in [-0.39, 0.29) is 17.1 Å². The molecule has 1 aromatic carbocycles. The first-order valence-corrected chi connectivity index (χ1v) is 6.43. The zero-order valence-electron chi connectivity index (χ0n) is 11.7. The summed E-state index contributed by atoms with van der Waals surface area (Å²) in [5, 5.41) is 3.64. The zero-order chi connectivity index (χ0) is 15.7. The van der Waals surface area contributed by atoms with Gasteiger partial charge in [-0.2, -0.15) is 0 Å². The number of aromatic nitrogens is 2. The van der Waals surface area contributed by atoms with Crippen LogP contribution < -0.4 is 16.0 Å². The predicted octanol–water partition coefficient (Wildman–Crippen LogP) is 2.58. The number of nitrogens with one attached hydrogen (secondary N) is 1. The van der Waals surface area contributed by atoms with Crippen molar-refractivity contribution in [2.45, 2.75) is 0 Å². The third kappa shape index (κ3) is 2.28. The second kappa shape index (κ2) is 5.28. The Hall–Kier alpha value is -3.22. The molecule has 0 amide bonds. The smallest absolute Gasteiger partial charge is 0.249 e. The maximum absolute atomic E-state index is 11.3. The van der Waals surface area contributed by atoms with Crippen molar-refractivity contribution in [3.63, 3.8) is 0 Å². The highest BCUT2D eigenvalue weighted by atomic mass is 16.5. The van der Waals surface area contributed by atoms with Gasteiger partial charge in [0.15, 0.2) is 0 Å². The van der Waals surface area contributed by atoms with Gasteiger partial charge in [0.05, 0.1) is 7.11 Å². The SMILES string of the molecule is COc1ccc(N=O)cc1-c1cc2ccc(=O)[nH]c2nc1N. The summed E-state index contributed by atoms with van der Waals surface area (Å²) in [7, 11) is 1.52. The van der Waals surface area contributed by atoms with Gasteiger partial charge in [-0.15, -0.1) is 4.91 Å². The van der Waals surface area contributed by atoms with Crippen LogP contribution in [0, 0.1) is 4.91 Å². The zero-order valence-corrected chi connectivity index (χ0v) is 11.7. The molecule has 0 atom stereocenters. The predicted molar refractivity (Wildman–Crippen MR) is 84.2 cm³/mol. The number of rotatable bonds is 3. The summed E-state index contributed by atoms with van der Waals surface area (Å²) in [4.78, 5) is 28.9. The highest BCUT2D eigenvalue weighted by Crippen LogP contribution is 2.36. The molecule has 0 aliphatic carbocycles. The van der Waals surface area contributed by atoms with E-state index >= 15 is 0 Å². The molecule has 0 aliphatic heterocycles. The number of nitrogens with two attached hydrogens (primary N) is 1. The third-order valence-electron chi connectivity index (χ3n) is 3.32. The number of nitroso groups, excluding NO2 is 1. The number of anilines is 1. The summed E-state index contributed by atoms with van der Waals surface area (Å²) in [6.07, 6.45) is 0. The number of fused-ring (bicyclic) bond motifs is 1. The second-order valence-corrected chi connectivity index (χ2v) is 4.66. The van der Waals surface area contributed by atoms with E-state index in [0.717, 1.165) is 5.39 Å². The highest BCUT2D eigenvalue weighted by Gasteiger charge is 2.13. The van der Waals surface area contributed by atoms with E-state index in [4.69, 9.17) is 10.5 Å². The molecule has 2 aromatic heterocycles. The minimum atomic E-state index is -0.253. The number of pyridine rings is 2. The van der Waals surface area contributed by atoms with Gasteiger partial charge < -0.3 is 15.5 Å². The summed E-state index contributed by atoms with van der Waals surface area (Å²) < 4.78 is 5.30. The summed E-state index contributed by atoms with van der Waals surface area (Å²) in [5.74, 6) is 0.764. The Kier molecular flexibility index (Phi) is 3.30. The molecule has 0 saturated carbocycles. The number of ether oxygens (including phenoxy) is 1. The maximum Gasteiger partial charge on any atom is 0.249 e. The molecule has 110 valence electrons. The van der Waals surface area contributed by atoms with Crippen LogP contribution >= 0.6 is 0 Å². The molecule has 0 fully saturated rings. The largest absolute Gasteiger partial charge is 0.496 e. The van der Waals surface area contributed by atoms with Crippen molar-refractivity contribution in [2.24, 2.45) is 5.18 Å². The lowest BCUT2D eigenvalue weighted by atomic mass is 10.0. The molecular weight excluding hydrogens is 284 g/mol. The molecule has 0 spiro atoms. The van der Waals surface area contributed by atoms with E-state index in [1.165, 1.54) is 13.2 Å². The summed E-state index contributed by atoms with van der Waals surface area (Å²) in [6.45, 7) is 0. The van der Waals surface area contributed by atoms with Gasteiger partial charge in [0.25, 0.3) is 0 Å². The van der Waals surface area contributed by atoms with Gasteiger partial charge in [-0.3, -0.25) is 4.79 Å². The van der Waals surface area contributed by atoms with Crippen molar-refractivity contribution in [1.82, 2.24) is 9.97 Å². The summed E-state index contributed by atoms with van der Waals surface area (Å²) >= 11 is 0. The molecule has 22 heavy (non-hydrogen) atoms. The lowest BCUT2D eigenvalue weighted by Gasteiger charge is -2.11. The van der Waals surface area contributed by atoms with E-state index < -0.39 is 0 Å². The van der Waals surface area contributed by atoms with E-state index in [9.17, 15) is 9.70 Å². The number of nitrogen functional groups attached to an aromatic ring is 1. The van der Waals surface area contributed by atoms with E-state index in [1.807, 2.05) is 0 Å². The van der Waals surface area contributed by atoms with Crippen LogP contribution in [0.4, 0.5) is 11.5 Å². The van der Waals surface area contributed by atoms with Gasteiger partial charge in [-0.05, 0) is 35.5 Å². The van der Waals surface area contributed by atoms with Crippen molar-refractivity contribution < 1.29 is 4.74 Å². The first kappa shape index (κ1) is 13.7. The lowest BCUT2D eigenvalue weighted by molar-refractivity contribution is 0.416. The molecule has 0 bridgehead atoms. The third-order valence-corrected chi connectivity index (χ3v) is 3.32. The van der Waals surface area contributed by atoms with Crippen LogP contribution in [0.25, 0.3) is 22.2 Å². The van der Waals surface area contributed by atoms with Crippen molar-refractivity contribution >= 4 is 22.5 Å². The van der Waals surface area contributed by atoms with E-state index in [1.54, 1.807) is 30.3 Å². The van der Waals surface area contributed by atoms with Gasteiger partial charge in [0.2, 0.25) is 5.56 Å². The van der Waals surface area contributed by atoms with Gasteiger partial charge >= 0.3 is 0 Å². The average molecular weight is 296 g/mol. The van der Waals surface area contributed by atoms with Crippen LogP contribution in [0.1, 0.15) is 0 Å². The Balaban J connectivity index is 2.29. The lowest BCUT2D eigenvalue weighted by Crippen LogP contribution is -2.05. The number of hydrogen-bond donors (Lipinski definition) is 2. The van der Waals surface area contributed by atoms with Crippen LogP contribution in [0.15, 0.2) is 46.4 Å². The first-order chi connectivity index (χ1) is 10.6. The molecule has 7 heteroatoms. The summed E-state index contributed by atoms with van der Waals surface area (Å²) in [5.41, 5.74) is 7.60. The van der Waals surface area contributed by atoms with E-state index in [0.29, 0.717) is 22.5 Å². The van der Waals surface area contributed by atoms with Crippen molar-refractivity contribution in [3.05, 3.63) is 51.7 Å². The number of aromatic amines is 1. The molecule has 7 nitrogen and oxygen atoms in total. The molecule has 0 saturated heterocycles. The molecule has 3 aromatic rings. The fourth-order valence-corrected chi connectivity index (χ4v) is 2.27. The van der Waals surface area contributed by atoms with Gasteiger partial charge in [0.1, 0.15) is 22.9 Å². The van der Waals surface area contributed by atoms with Crippen molar-refractivity contribution in [2.75, 3.05) is 12.8 Å². The quantitative estimate of drug-likeness (QED) is 0.722. The van der Waals surface area contributed by atoms with Crippen LogP contribution in [0.5, 0.6) is 5.75 Å². The van der Waals surface area contributed by atoms with Crippen molar-refractivity contribution in [3.8, 4) is 16.9 Å². The van der Waals surface area contributed by atoms with E-state index in [2.05, 4.69) is 15.1 Å². The molecule has 0 aliphatic rings. The molecular formula is C15H12N4O3. The van der Waals surface area contributed by atoms with Gasteiger partial charge in [0, 0.05) is 22.6 Å². The number of nitrogens with zero attached hydrogens (tertiary/aromatic N) is 2. The number of hydrogen-bond acceptors (Lipinski definition) is 6. The van der Waals surface area contributed by atoms with Gasteiger partial charge in [-0.25, -0.2) is 4.98 Å². The van der Waals surface area contributed by atoms with Crippen molar-refractivity contribution in [1.29, 1.82) is 0 Å². The molecule has 0 radical (unpaired) electrons. The minimum Gasteiger partial charge on any atom is -0.496 e. The number of benzene rings is 1.